The smallest absolute Gasteiger partial charge is 0.240 e. The molecule has 0 spiro atoms. The van der Waals surface area contributed by atoms with E-state index < -0.39 is 10.0 Å². The first kappa shape index (κ1) is 26.0. The number of likely N-dealkylation sites (tertiary alicyclic amines) is 1. The minimum atomic E-state index is -3.41. The molecule has 3 rings (SSSR count). The Morgan fingerprint density at radius 1 is 1.23 bits per heavy atom. The number of hydrogen-bond donors (Lipinski definition) is 3. The van der Waals surface area contributed by atoms with Crippen molar-refractivity contribution in [2.45, 2.75) is 30.3 Å². The summed E-state index contributed by atoms with van der Waals surface area (Å²) in [5, 5.41) is 8.95. The van der Waals surface area contributed by atoms with Gasteiger partial charge in [0.25, 0.3) is 0 Å². The lowest BCUT2D eigenvalue weighted by molar-refractivity contribution is 0.125. The summed E-state index contributed by atoms with van der Waals surface area (Å²) in [5.41, 5.74) is 0.988. The molecule has 2 heterocycles. The maximum Gasteiger partial charge on any atom is 0.240 e. The van der Waals surface area contributed by atoms with Crippen molar-refractivity contribution in [1.82, 2.24) is 20.3 Å². The molecule has 1 aromatic carbocycles. The molecule has 1 aliphatic rings. The van der Waals surface area contributed by atoms with Gasteiger partial charge in [0.05, 0.1) is 4.90 Å². The minimum absolute atomic E-state index is 0. The molecule has 2 unspecified atom stereocenters. The Balaban J connectivity index is 0.00000341. The highest BCUT2D eigenvalue weighted by molar-refractivity contribution is 14.0. The van der Waals surface area contributed by atoms with Gasteiger partial charge in [-0.05, 0) is 68.5 Å². The van der Waals surface area contributed by atoms with Gasteiger partial charge in [0.1, 0.15) is 0 Å². The summed E-state index contributed by atoms with van der Waals surface area (Å²) in [6.45, 7) is 2.55. The van der Waals surface area contributed by atoms with E-state index in [1.807, 2.05) is 23.5 Å². The number of piperidine rings is 1. The zero-order valence-corrected chi connectivity index (χ0v) is 22.1. The lowest BCUT2D eigenvalue weighted by atomic mass is 9.88. The molecule has 1 aromatic heterocycles. The van der Waals surface area contributed by atoms with Gasteiger partial charge in [-0.1, -0.05) is 18.2 Å². The Kier molecular flexibility index (Phi) is 10.2. The van der Waals surface area contributed by atoms with Crippen LogP contribution < -0.4 is 15.4 Å². The summed E-state index contributed by atoms with van der Waals surface area (Å²) in [6.07, 6.45) is 2.40. The van der Waals surface area contributed by atoms with E-state index in [2.05, 4.69) is 49.8 Å². The molecule has 7 nitrogen and oxygen atoms in total. The van der Waals surface area contributed by atoms with Crippen LogP contribution in [-0.2, 0) is 16.6 Å². The highest BCUT2D eigenvalue weighted by Crippen LogP contribution is 2.36. The first-order valence-corrected chi connectivity index (χ1v) is 12.5. The average molecular weight is 578 g/mol. The number of nitrogens with one attached hydrogen (secondary N) is 3. The molecule has 172 valence electrons. The molecule has 1 fully saturated rings. The van der Waals surface area contributed by atoms with Gasteiger partial charge < -0.3 is 10.6 Å². The number of sulfonamides is 1. The summed E-state index contributed by atoms with van der Waals surface area (Å²) < 4.78 is 26.0. The highest BCUT2D eigenvalue weighted by atomic mass is 127. The van der Waals surface area contributed by atoms with Crippen LogP contribution in [0.5, 0.6) is 0 Å². The Labute approximate surface area is 206 Å². The molecule has 10 heteroatoms. The van der Waals surface area contributed by atoms with E-state index in [4.69, 9.17) is 0 Å². The van der Waals surface area contributed by atoms with Crippen molar-refractivity contribution in [2.75, 3.05) is 34.2 Å². The molecule has 0 saturated carbocycles. The molecule has 0 bridgehead atoms. The van der Waals surface area contributed by atoms with Crippen molar-refractivity contribution in [3.8, 4) is 0 Å². The van der Waals surface area contributed by atoms with E-state index in [0.29, 0.717) is 18.5 Å². The first-order chi connectivity index (χ1) is 14.4. The number of thiophene rings is 1. The summed E-state index contributed by atoms with van der Waals surface area (Å²) >= 11 is 1.83. The number of benzene rings is 1. The van der Waals surface area contributed by atoms with Crippen molar-refractivity contribution in [2.24, 2.45) is 10.9 Å². The highest BCUT2D eigenvalue weighted by Gasteiger charge is 2.31. The van der Waals surface area contributed by atoms with Gasteiger partial charge in [-0.25, -0.2) is 13.1 Å². The Bertz CT molecular complexity index is 933. The van der Waals surface area contributed by atoms with Crippen LogP contribution in [0.25, 0.3) is 0 Å². The normalized spacial score (nSPS) is 20.2. The summed E-state index contributed by atoms with van der Waals surface area (Å²) in [5.74, 6) is 1.27. The number of aliphatic imine (C=N–C) groups is 1. The van der Waals surface area contributed by atoms with Gasteiger partial charge in [0.15, 0.2) is 5.96 Å². The summed E-state index contributed by atoms with van der Waals surface area (Å²) in [4.78, 5) is 8.48. The molecule has 31 heavy (non-hydrogen) atoms. The Hall–Kier alpha value is -1.21. The average Bonchev–Trinajstić information content (AvgIpc) is 3.28. The fourth-order valence-electron chi connectivity index (χ4n) is 3.92. The Morgan fingerprint density at radius 3 is 2.58 bits per heavy atom. The quantitative estimate of drug-likeness (QED) is 0.268. The first-order valence-electron chi connectivity index (χ1n) is 10.1. The maximum atomic E-state index is 11.8. The molecular weight excluding hydrogens is 545 g/mol. The zero-order valence-electron chi connectivity index (χ0n) is 18.2. The van der Waals surface area contributed by atoms with Crippen molar-refractivity contribution < 1.29 is 8.42 Å². The van der Waals surface area contributed by atoms with Gasteiger partial charge >= 0.3 is 0 Å². The zero-order chi connectivity index (χ0) is 21.6. The standard InChI is InChI=1S/C21H31N5O2S2.HI/c1-22-21(24-14-16-8-10-18(11-9-16)30(27,28)23-2)25-15-17-6-4-12-26(3)20(17)19-7-5-13-29-19;/h5,7-11,13,17,20,23H,4,6,12,14-15H2,1-3H3,(H2,22,24,25);1H. The molecule has 0 amide bonds. The molecule has 1 aliphatic heterocycles. The fourth-order valence-corrected chi connectivity index (χ4v) is 5.63. The molecule has 0 radical (unpaired) electrons. The van der Waals surface area contributed by atoms with Crippen LogP contribution in [0.2, 0.25) is 0 Å². The van der Waals surface area contributed by atoms with Crippen molar-refractivity contribution >= 4 is 51.3 Å². The second kappa shape index (κ2) is 12.1. The van der Waals surface area contributed by atoms with Gasteiger partial charge in [-0.15, -0.1) is 35.3 Å². The summed E-state index contributed by atoms with van der Waals surface area (Å²) in [7, 11) is 1.98. The molecule has 1 saturated heterocycles. The molecule has 2 atom stereocenters. The van der Waals surface area contributed by atoms with Crippen molar-refractivity contribution in [3.63, 3.8) is 0 Å². The lowest BCUT2D eigenvalue weighted by Gasteiger charge is -2.39. The maximum absolute atomic E-state index is 11.8. The fraction of sp³-hybridized carbons (Fsp3) is 0.476. The van der Waals surface area contributed by atoms with E-state index in [0.717, 1.165) is 24.6 Å². The minimum Gasteiger partial charge on any atom is -0.356 e. The topological polar surface area (TPSA) is 85.8 Å². The predicted octanol–water partition coefficient (Wildman–Crippen LogP) is 3.02. The van der Waals surface area contributed by atoms with E-state index in [1.165, 1.54) is 24.8 Å². The van der Waals surface area contributed by atoms with E-state index in [-0.39, 0.29) is 28.9 Å². The number of rotatable bonds is 7. The number of halogens is 1. The molecule has 3 N–H and O–H groups in total. The van der Waals surface area contributed by atoms with Gasteiger partial charge in [-0.2, -0.15) is 0 Å². The third kappa shape index (κ3) is 6.88. The third-order valence-electron chi connectivity index (χ3n) is 5.56. The predicted molar refractivity (Wildman–Crippen MR) is 139 cm³/mol. The van der Waals surface area contributed by atoms with Crippen LogP contribution in [0.15, 0.2) is 51.7 Å². The van der Waals surface area contributed by atoms with Crippen molar-refractivity contribution in [3.05, 3.63) is 52.2 Å². The monoisotopic (exact) mass is 577 g/mol. The van der Waals surface area contributed by atoms with Gasteiger partial charge in [-0.3, -0.25) is 9.89 Å². The van der Waals surface area contributed by atoms with Crippen LogP contribution in [-0.4, -0.2) is 53.5 Å². The third-order valence-corrected chi connectivity index (χ3v) is 7.93. The lowest BCUT2D eigenvalue weighted by Crippen LogP contribution is -2.44. The largest absolute Gasteiger partial charge is 0.356 e. The van der Waals surface area contributed by atoms with Gasteiger partial charge in [0, 0.05) is 31.1 Å². The van der Waals surface area contributed by atoms with Crippen LogP contribution in [0, 0.1) is 5.92 Å². The van der Waals surface area contributed by atoms with Crippen LogP contribution >= 0.6 is 35.3 Å². The molecule has 2 aromatic rings. The molecule has 0 aliphatic carbocycles. The van der Waals surface area contributed by atoms with E-state index in [9.17, 15) is 8.42 Å². The number of guanidine groups is 1. The second-order valence-corrected chi connectivity index (χ2v) is 10.4. The molecular formula is C21H32IN5O2S2. The van der Waals surface area contributed by atoms with E-state index in [1.54, 1.807) is 19.2 Å². The number of nitrogens with zero attached hydrogens (tertiary/aromatic N) is 2. The summed E-state index contributed by atoms with van der Waals surface area (Å²) in [6, 6.07) is 11.6. The number of hydrogen-bond acceptors (Lipinski definition) is 5. The SMILES string of the molecule is CN=C(NCc1ccc(S(=O)(=O)NC)cc1)NCC1CCCN(C)C1c1cccs1.I. The second-order valence-electron chi connectivity index (χ2n) is 7.50. The van der Waals surface area contributed by atoms with Crippen LogP contribution in [0.1, 0.15) is 29.3 Å². The van der Waals surface area contributed by atoms with Crippen LogP contribution in [0.3, 0.4) is 0 Å². The van der Waals surface area contributed by atoms with Crippen LogP contribution in [0.4, 0.5) is 0 Å². The van der Waals surface area contributed by atoms with Gasteiger partial charge in [0.2, 0.25) is 10.0 Å². The van der Waals surface area contributed by atoms with Crippen molar-refractivity contribution in [1.29, 1.82) is 0 Å². The Morgan fingerprint density at radius 2 is 1.97 bits per heavy atom. The van der Waals surface area contributed by atoms with E-state index >= 15 is 0 Å².